The first-order valence-corrected chi connectivity index (χ1v) is 6.17. The molecule has 0 aromatic carbocycles. The summed E-state index contributed by atoms with van der Waals surface area (Å²) in [4.78, 5) is 22.4. The van der Waals surface area contributed by atoms with Crippen LogP contribution < -0.4 is 0 Å². The van der Waals surface area contributed by atoms with E-state index in [1.165, 1.54) is 0 Å². The van der Waals surface area contributed by atoms with E-state index in [-0.39, 0.29) is 11.8 Å². The first-order chi connectivity index (χ1) is 8.47. The molecular formula is C15H20O3. The van der Waals surface area contributed by atoms with E-state index in [2.05, 4.69) is 6.08 Å². The largest absolute Gasteiger partial charge is 0.458 e. The average molecular weight is 248 g/mol. The summed E-state index contributed by atoms with van der Waals surface area (Å²) in [6, 6.07) is 0. The van der Waals surface area contributed by atoms with E-state index in [9.17, 15) is 9.59 Å². The Morgan fingerprint density at radius 1 is 1.39 bits per heavy atom. The van der Waals surface area contributed by atoms with Crippen molar-refractivity contribution in [2.45, 2.75) is 40.0 Å². The average Bonchev–Trinajstić information content (AvgIpc) is 2.62. The van der Waals surface area contributed by atoms with E-state index in [4.69, 9.17) is 4.74 Å². The topological polar surface area (TPSA) is 43.4 Å². The van der Waals surface area contributed by atoms with E-state index in [0.717, 1.165) is 29.6 Å². The molecule has 0 fully saturated rings. The summed E-state index contributed by atoms with van der Waals surface area (Å²) in [5.41, 5.74) is 3.13. The van der Waals surface area contributed by atoms with Crippen molar-refractivity contribution < 1.29 is 14.3 Å². The van der Waals surface area contributed by atoms with Gasteiger partial charge in [0.25, 0.3) is 0 Å². The molecule has 1 rings (SSSR count). The third-order valence-corrected chi connectivity index (χ3v) is 2.58. The summed E-state index contributed by atoms with van der Waals surface area (Å²) in [5.74, 6) is -0.105. The Hall–Kier alpha value is -1.64. The Kier molecular flexibility index (Phi) is 5.56. The van der Waals surface area contributed by atoms with Crippen molar-refractivity contribution in [1.82, 2.24) is 0 Å². The van der Waals surface area contributed by atoms with Gasteiger partial charge in [-0.15, -0.1) is 0 Å². The van der Waals surface area contributed by atoms with Gasteiger partial charge < -0.3 is 4.74 Å². The lowest BCUT2D eigenvalue weighted by Gasteiger charge is -2.00. The summed E-state index contributed by atoms with van der Waals surface area (Å²) >= 11 is 0. The molecule has 0 amide bonds. The predicted octanol–water partition coefficient (Wildman–Crippen LogP) is 3.12. The van der Waals surface area contributed by atoms with Crippen molar-refractivity contribution in [2.24, 2.45) is 0 Å². The molecule has 1 heterocycles. The van der Waals surface area contributed by atoms with Gasteiger partial charge in [-0.05, 0) is 45.3 Å². The highest BCUT2D eigenvalue weighted by Crippen LogP contribution is 2.14. The van der Waals surface area contributed by atoms with Crippen LogP contribution in [0.15, 0.2) is 34.9 Å². The highest BCUT2D eigenvalue weighted by Gasteiger charge is 2.11. The van der Waals surface area contributed by atoms with Crippen LogP contribution in [0.25, 0.3) is 0 Å². The second-order valence-corrected chi connectivity index (χ2v) is 4.86. The summed E-state index contributed by atoms with van der Waals surface area (Å²) in [6.07, 6.45) is 7.41. The van der Waals surface area contributed by atoms with E-state index in [1.807, 2.05) is 20.8 Å². The monoisotopic (exact) mass is 248 g/mol. The smallest absolute Gasteiger partial charge is 0.331 e. The summed E-state index contributed by atoms with van der Waals surface area (Å²) in [7, 11) is 0. The molecule has 1 aliphatic rings. The van der Waals surface area contributed by atoms with Crippen molar-refractivity contribution in [3.05, 3.63) is 34.9 Å². The normalized spacial score (nSPS) is 15.2. The third kappa shape index (κ3) is 5.62. The Balaban J connectivity index is 2.34. The molecular weight excluding hydrogens is 228 g/mol. The summed E-state index contributed by atoms with van der Waals surface area (Å²) < 4.78 is 4.82. The molecule has 0 saturated carbocycles. The Morgan fingerprint density at radius 3 is 2.67 bits per heavy atom. The molecule has 0 spiro atoms. The molecule has 98 valence electrons. The molecule has 0 atom stereocenters. The van der Waals surface area contributed by atoms with Crippen LogP contribution in [0.4, 0.5) is 0 Å². The lowest BCUT2D eigenvalue weighted by atomic mass is 10.1. The molecule has 0 radical (unpaired) electrons. The highest BCUT2D eigenvalue weighted by atomic mass is 16.5. The zero-order chi connectivity index (χ0) is 13.5. The fourth-order valence-corrected chi connectivity index (χ4v) is 1.78. The molecule has 3 nitrogen and oxygen atoms in total. The van der Waals surface area contributed by atoms with Crippen LogP contribution in [-0.2, 0) is 14.3 Å². The lowest BCUT2D eigenvalue weighted by molar-refractivity contribution is -0.135. The van der Waals surface area contributed by atoms with Crippen LogP contribution in [0.3, 0.4) is 0 Å². The number of rotatable bonds is 6. The quantitative estimate of drug-likeness (QED) is 0.412. The fourth-order valence-electron chi connectivity index (χ4n) is 1.78. The van der Waals surface area contributed by atoms with Gasteiger partial charge >= 0.3 is 5.97 Å². The number of cyclic esters (lactones) is 1. The van der Waals surface area contributed by atoms with E-state index >= 15 is 0 Å². The van der Waals surface area contributed by atoms with Crippen molar-refractivity contribution in [2.75, 3.05) is 6.61 Å². The van der Waals surface area contributed by atoms with Crippen LogP contribution in [-0.4, -0.2) is 18.4 Å². The van der Waals surface area contributed by atoms with Crippen molar-refractivity contribution in [3.63, 3.8) is 0 Å². The first kappa shape index (κ1) is 14.4. The molecule has 0 aromatic rings. The molecule has 3 heteroatoms. The maximum Gasteiger partial charge on any atom is 0.331 e. The molecule has 0 N–H and O–H groups in total. The number of ether oxygens (including phenoxy) is 1. The second kappa shape index (κ2) is 6.94. The lowest BCUT2D eigenvalue weighted by Crippen LogP contribution is -1.95. The maximum atomic E-state index is 11.5. The van der Waals surface area contributed by atoms with Gasteiger partial charge in [0.05, 0.1) is 0 Å². The number of hydrogen-bond donors (Lipinski definition) is 0. The van der Waals surface area contributed by atoms with Gasteiger partial charge in [0.1, 0.15) is 6.61 Å². The molecule has 1 aliphatic heterocycles. The molecule has 0 unspecified atom stereocenters. The van der Waals surface area contributed by atoms with Gasteiger partial charge in [0.2, 0.25) is 0 Å². The summed E-state index contributed by atoms with van der Waals surface area (Å²) in [6.45, 7) is 6.21. The summed E-state index contributed by atoms with van der Waals surface area (Å²) in [5, 5.41) is 0. The maximum absolute atomic E-state index is 11.5. The molecule has 18 heavy (non-hydrogen) atoms. The molecule has 0 aromatic heterocycles. The van der Waals surface area contributed by atoms with Crippen LogP contribution >= 0.6 is 0 Å². The molecule has 0 bridgehead atoms. The fraction of sp³-hybridized carbons (Fsp3) is 0.467. The zero-order valence-corrected chi connectivity index (χ0v) is 11.3. The van der Waals surface area contributed by atoms with E-state index in [0.29, 0.717) is 13.0 Å². The number of carbonyl (C=O) groups excluding carboxylic acids is 2. The molecule has 0 saturated heterocycles. The van der Waals surface area contributed by atoms with Crippen LogP contribution in [0.2, 0.25) is 0 Å². The van der Waals surface area contributed by atoms with Gasteiger partial charge in [-0.1, -0.05) is 17.2 Å². The number of esters is 1. The number of ketones is 1. The van der Waals surface area contributed by atoms with E-state index in [1.54, 1.807) is 12.2 Å². The zero-order valence-electron chi connectivity index (χ0n) is 11.3. The van der Waals surface area contributed by atoms with Crippen molar-refractivity contribution >= 4 is 11.8 Å². The third-order valence-electron chi connectivity index (χ3n) is 2.58. The Morgan fingerprint density at radius 2 is 2.11 bits per heavy atom. The minimum atomic E-state index is -0.246. The van der Waals surface area contributed by atoms with Gasteiger partial charge in [-0.3, -0.25) is 4.79 Å². The minimum Gasteiger partial charge on any atom is -0.458 e. The van der Waals surface area contributed by atoms with Crippen molar-refractivity contribution in [3.8, 4) is 0 Å². The van der Waals surface area contributed by atoms with Crippen molar-refractivity contribution in [1.29, 1.82) is 0 Å². The number of carbonyl (C=O) groups is 2. The van der Waals surface area contributed by atoms with Gasteiger partial charge in [-0.2, -0.15) is 0 Å². The van der Waals surface area contributed by atoms with Crippen LogP contribution in [0.5, 0.6) is 0 Å². The van der Waals surface area contributed by atoms with Gasteiger partial charge in [0.15, 0.2) is 5.78 Å². The predicted molar refractivity (Wildman–Crippen MR) is 71.1 cm³/mol. The van der Waals surface area contributed by atoms with Crippen LogP contribution in [0.1, 0.15) is 40.0 Å². The number of hydrogen-bond acceptors (Lipinski definition) is 3. The van der Waals surface area contributed by atoms with Gasteiger partial charge in [-0.25, -0.2) is 4.79 Å². The Bertz CT molecular complexity index is 421. The Labute approximate surface area is 108 Å². The molecule has 0 aliphatic carbocycles. The SMILES string of the molecule is CC(C)=CC(=O)CC(C)=CCCC1=CC(=O)OC1. The van der Waals surface area contributed by atoms with Crippen LogP contribution in [0, 0.1) is 0 Å². The second-order valence-electron chi connectivity index (χ2n) is 4.86. The standard InChI is InChI=1S/C15H20O3/c1-11(2)7-14(16)8-12(3)5-4-6-13-9-15(17)18-10-13/h5,7,9H,4,6,8,10H2,1-3H3. The minimum absolute atomic E-state index is 0.141. The highest BCUT2D eigenvalue weighted by molar-refractivity contribution is 5.91. The van der Waals surface area contributed by atoms with E-state index < -0.39 is 0 Å². The van der Waals surface area contributed by atoms with Gasteiger partial charge in [0, 0.05) is 12.5 Å². The number of allylic oxidation sites excluding steroid dienone is 4. The first-order valence-electron chi connectivity index (χ1n) is 6.17.